The number of benzene rings is 1. The van der Waals surface area contributed by atoms with E-state index >= 15 is 0 Å². The topological polar surface area (TPSA) is 96.3 Å². The Balaban J connectivity index is 1.89. The van der Waals surface area contributed by atoms with Crippen LogP contribution >= 0.6 is 11.8 Å². The summed E-state index contributed by atoms with van der Waals surface area (Å²) < 4.78 is 0. The number of amides is 2. The number of hydrogen-bond acceptors (Lipinski definition) is 6. The Morgan fingerprint density at radius 1 is 1.08 bits per heavy atom. The van der Waals surface area contributed by atoms with Crippen LogP contribution in [0.1, 0.15) is 30.8 Å². The second-order valence-electron chi connectivity index (χ2n) is 5.71. The van der Waals surface area contributed by atoms with Gasteiger partial charge < -0.3 is 5.32 Å². The summed E-state index contributed by atoms with van der Waals surface area (Å²) in [5.74, 6) is -0.172. The highest BCUT2D eigenvalue weighted by Crippen LogP contribution is 2.14. The molecule has 2 N–H and O–H groups in total. The lowest BCUT2D eigenvalue weighted by Crippen LogP contribution is -2.21. The molecule has 0 saturated carbocycles. The number of anilines is 1. The molecule has 1 heterocycles. The van der Waals surface area contributed by atoms with Gasteiger partial charge in [0.2, 0.25) is 5.91 Å². The van der Waals surface area contributed by atoms with Gasteiger partial charge >= 0.3 is 0 Å². The van der Waals surface area contributed by atoms with E-state index in [2.05, 4.69) is 25.8 Å². The number of nitrogens with zero attached hydrogens (tertiary/aromatic N) is 3. The van der Waals surface area contributed by atoms with E-state index in [1.54, 1.807) is 19.1 Å². The summed E-state index contributed by atoms with van der Waals surface area (Å²) in [5, 5.41) is 7.38. The van der Waals surface area contributed by atoms with Crippen LogP contribution in [0.25, 0.3) is 0 Å². The van der Waals surface area contributed by atoms with Gasteiger partial charge in [-0.25, -0.2) is 15.4 Å². The molecule has 0 unspecified atom stereocenters. The average Bonchev–Trinajstić information content (AvgIpc) is 2.57. The molecule has 0 saturated heterocycles. The second kappa shape index (κ2) is 9.10. The zero-order chi connectivity index (χ0) is 19.1. The van der Waals surface area contributed by atoms with E-state index in [0.717, 1.165) is 17.0 Å². The van der Waals surface area contributed by atoms with Crippen molar-refractivity contribution in [2.45, 2.75) is 32.9 Å². The first-order chi connectivity index (χ1) is 12.3. The van der Waals surface area contributed by atoms with E-state index in [4.69, 9.17) is 0 Å². The van der Waals surface area contributed by atoms with Crippen LogP contribution in [0.15, 0.2) is 40.6 Å². The van der Waals surface area contributed by atoms with Gasteiger partial charge in [-0.05, 0) is 44.5 Å². The third kappa shape index (κ3) is 6.29. The molecule has 0 atom stereocenters. The Labute approximate surface area is 156 Å². The number of aryl methyl sites for hydroxylation is 2. The zero-order valence-electron chi connectivity index (χ0n) is 15.2. The Morgan fingerprint density at radius 2 is 1.69 bits per heavy atom. The first-order valence-electron chi connectivity index (χ1n) is 7.99. The Bertz CT molecular complexity index is 814. The lowest BCUT2D eigenvalue weighted by Gasteiger charge is -2.05. The minimum absolute atomic E-state index is 0.124. The van der Waals surface area contributed by atoms with E-state index < -0.39 is 0 Å². The van der Waals surface area contributed by atoms with E-state index in [-0.39, 0.29) is 17.6 Å². The summed E-state index contributed by atoms with van der Waals surface area (Å²) in [6.07, 6.45) is 0. The fourth-order valence-electron chi connectivity index (χ4n) is 2.13. The summed E-state index contributed by atoms with van der Waals surface area (Å²) in [6, 6.07) is 9.10. The normalized spacial score (nSPS) is 11.2. The Kier molecular flexibility index (Phi) is 6.85. The quantitative estimate of drug-likeness (QED) is 0.352. The maximum atomic E-state index is 12.0. The van der Waals surface area contributed by atoms with Gasteiger partial charge in [0.1, 0.15) is 0 Å². The first-order valence-corrected chi connectivity index (χ1v) is 8.98. The number of rotatable bonds is 6. The van der Waals surface area contributed by atoms with Crippen molar-refractivity contribution in [2.24, 2.45) is 5.10 Å². The van der Waals surface area contributed by atoms with Gasteiger partial charge in [0.25, 0.3) is 5.91 Å². The number of hydrogen-bond donors (Lipinski definition) is 2. The molecular weight excluding hydrogens is 350 g/mol. The van der Waals surface area contributed by atoms with Crippen molar-refractivity contribution in [1.82, 2.24) is 15.4 Å². The lowest BCUT2D eigenvalue weighted by atomic mass is 10.1. The van der Waals surface area contributed by atoms with Crippen LogP contribution in [-0.2, 0) is 9.59 Å². The predicted molar refractivity (Wildman–Crippen MR) is 103 cm³/mol. The summed E-state index contributed by atoms with van der Waals surface area (Å²) in [7, 11) is 0. The maximum Gasteiger partial charge on any atom is 0.250 e. The molecule has 1 aromatic heterocycles. The van der Waals surface area contributed by atoms with E-state index in [9.17, 15) is 9.59 Å². The van der Waals surface area contributed by atoms with Crippen LogP contribution in [0.3, 0.4) is 0 Å². The third-order valence-corrected chi connectivity index (χ3v) is 4.11. The van der Waals surface area contributed by atoms with Crippen molar-refractivity contribution in [1.29, 1.82) is 0 Å². The SMILES string of the molecule is CC(=O)Nc1ccc(C(C)=NNC(=O)CSc2nc(C)cc(C)n2)cc1. The Morgan fingerprint density at radius 3 is 2.27 bits per heavy atom. The minimum atomic E-state index is -0.230. The molecule has 0 aliphatic heterocycles. The minimum Gasteiger partial charge on any atom is -0.326 e. The van der Waals surface area contributed by atoms with Crippen LogP contribution < -0.4 is 10.7 Å². The van der Waals surface area contributed by atoms with Gasteiger partial charge in [0, 0.05) is 24.0 Å². The second-order valence-corrected chi connectivity index (χ2v) is 6.66. The molecule has 7 nitrogen and oxygen atoms in total. The fraction of sp³-hybridized carbons (Fsp3) is 0.278. The van der Waals surface area contributed by atoms with Crippen molar-refractivity contribution >= 4 is 35.0 Å². The molecule has 1 aromatic carbocycles. The Hall–Kier alpha value is -2.74. The average molecular weight is 371 g/mol. The van der Waals surface area contributed by atoms with Gasteiger partial charge in [0.15, 0.2) is 5.16 Å². The maximum absolute atomic E-state index is 12.0. The van der Waals surface area contributed by atoms with Gasteiger partial charge in [0.05, 0.1) is 11.5 Å². The highest BCUT2D eigenvalue weighted by atomic mass is 32.2. The van der Waals surface area contributed by atoms with E-state index in [0.29, 0.717) is 16.6 Å². The molecular formula is C18H21N5O2S. The van der Waals surface area contributed by atoms with Crippen LogP contribution in [0.4, 0.5) is 5.69 Å². The molecule has 26 heavy (non-hydrogen) atoms. The lowest BCUT2D eigenvalue weighted by molar-refractivity contribution is -0.118. The van der Waals surface area contributed by atoms with Crippen molar-refractivity contribution in [3.63, 3.8) is 0 Å². The largest absolute Gasteiger partial charge is 0.326 e. The molecule has 0 radical (unpaired) electrons. The number of hydrazone groups is 1. The highest BCUT2D eigenvalue weighted by molar-refractivity contribution is 7.99. The van der Waals surface area contributed by atoms with Gasteiger partial charge in [-0.1, -0.05) is 23.9 Å². The van der Waals surface area contributed by atoms with Crippen LogP contribution in [0.2, 0.25) is 0 Å². The molecule has 2 rings (SSSR count). The smallest absolute Gasteiger partial charge is 0.250 e. The van der Waals surface area contributed by atoms with Gasteiger partial charge in [-0.2, -0.15) is 5.10 Å². The van der Waals surface area contributed by atoms with E-state index in [1.165, 1.54) is 18.7 Å². The van der Waals surface area contributed by atoms with Crippen molar-refractivity contribution < 1.29 is 9.59 Å². The predicted octanol–water partition coefficient (Wildman–Crippen LogP) is 2.68. The van der Waals surface area contributed by atoms with Gasteiger partial charge in [-0.15, -0.1) is 0 Å². The van der Waals surface area contributed by atoms with Crippen molar-refractivity contribution in [3.8, 4) is 0 Å². The molecule has 2 amide bonds. The fourth-order valence-corrected chi connectivity index (χ4v) is 2.87. The molecule has 2 aromatic rings. The summed E-state index contributed by atoms with van der Waals surface area (Å²) in [6.45, 7) is 7.04. The van der Waals surface area contributed by atoms with Crippen molar-refractivity contribution in [2.75, 3.05) is 11.1 Å². The third-order valence-electron chi connectivity index (χ3n) is 3.27. The van der Waals surface area contributed by atoms with Gasteiger partial charge in [-0.3, -0.25) is 9.59 Å². The first kappa shape index (κ1) is 19.6. The molecule has 0 spiro atoms. The number of aromatic nitrogens is 2. The molecule has 0 fully saturated rings. The molecule has 136 valence electrons. The van der Waals surface area contributed by atoms with Crippen LogP contribution in [0, 0.1) is 13.8 Å². The number of nitrogens with one attached hydrogen (secondary N) is 2. The standard InChI is InChI=1S/C18H21N5O2S/c1-11-9-12(2)20-18(19-11)26-10-17(25)23-22-13(3)15-5-7-16(8-6-15)21-14(4)24/h5-9H,10H2,1-4H3,(H,21,24)(H,23,25). The van der Waals surface area contributed by atoms with Crippen LogP contribution in [0.5, 0.6) is 0 Å². The summed E-state index contributed by atoms with van der Waals surface area (Å²) in [4.78, 5) is 31.5. The molecule has 8 heteroatoms. The van der Waals surface area contributed by atoms with Crippen molar-refractivity contribution in [3.05, 3.63) is 47.3 Å². The molecule has 0 aliphatic carbocycles. The number of carbonyl (C=O) groups is 2. The monoisotopic (exact) mass is 371 g/mol. The number of carbonyl (C=O) groups excluding carboxylic acids is 2. The molecule has 0 aliphatic rings. The van der Waals surface area contributed by atoms with E-state index in [1.807, 2.05) is 32.0 Å². The number of thioether (sulfide) groups is 1. The highest BCUT2D eigenvalue weighted by Gasteiger charge is 2.06. The molecule has 0 bridgehead atoms. The summed E-state index contributed by atoms with van der Waals surface area (Å²) >= 11 is 1.27. The zero-order valence-corrected chi connectivity index (χ0v) is 16.0. The summed E-state index contributed by atoms with van der Waals surface area (Å²) in [5.41, 5.74) is 6.50. The van der Waals surface area contributed by atoms with Crippen LogP contribution in [-0.4, -0.2) is 33.2 Å².